The number of benzene rings is 2. The van der Waals surface area contributed by atoms with Crippen molar-refractivity contribution in [2.75, 3.05) is 18.5 Å². The molecule has 0 fully saturated rings. The smallest absolute Gasteiger partial charge is 0.230 e. The van der Waals surface area contributed by atoms with Crippen LogP contribution in [0.25, 0.3) is 10.9 Å². The van der Waals surface area contributed by atoms with E-state index in [0.717, 1.165) is 12.0 Å². The number of amides is 1. The van der Waals surface area contributed by atoms with Gasteiger partial charge in [-0.25, -0.2) is 4.39 Å². The molecule has 0 spiro atoms. The van der Waals surface area contributed by atoms with E-state index in [1.165, 1.54) is 12.1 Å². The molecule has 7 heteroatoms. The Kier molecular flexibility index (Phi) is 3.97. The molecule has 0 saturated heterocycles. The molecule has 3 aromatic rings. The van der Waals surface area contributed by atoms with E-state index in [1.807, 2.05) is 18.2 Å². The van der Waals surface area contributed by atoms with Crippen molar-refractivity contribution in [3.05, 3.63) is 47.8 Å². The minimum atomic E-state index is -0.382. The third-order valence-electron chi connectivity index (χ3n) is 3.96. The minimum absolute atomic E-state index is 0.153. The van der Waals surface area contributed by atoms with E-state index >= 15 is 0 Å². The highest BCUT2D eigenvalue weighted by Crippen LogP contribution is 2.30. The average Bonchev–Trinajstić information content (AvgIpc) is 2.83. The third kappa shape index (κ3) is 3.26. The molecule has 1 aromatic heterocycles. The summed E-state index contributed by atoms with van der Waals surface area (Å²) in [5.74, 6) is 1.03. The van der Waals surface area contributed by atoms with E-state index in [9.17, 15) is 9.18 Å². The molecule has 0 atom stereocenters. The van der Waals surface area contributed by atoms with E-state index in [1.54, 1.807) is 6.07 Å². The number of nitrogens with zero attached hydrogens (tertiary/aromatic N) is 1. The average molecular weight is 341 g/mol. The van der Waals surface area contributed by atoms with Gasteiger partial charge in [-0.2, -0.15) is 5.10 Å². The topological polar surface area (TPSA) is 76.2 Å². The summed E-state index contributed by atoms with van der Waals surface area (Å²) in [6, 6.07) is 9.70. The Morgan fingerprint density at radius 1 is 1.16 bits per heavy atom. The maximum absolute atomic E-state index is 13.4. The van der Waals surface area contributed by atoms with Crippen molar-refractivity contribution in [2.45, 2.75) is 12.8 Å². The molecule has 1 aliphatic rings. The fourth-order valence-electron chi connectivity index (χ4n) is 2.76. The standard InChI is InChI=1S/C18H16FN3O3/c19-12-3-4-14-13(10-12)18(22-21-14)20-17(23)9-11-2-5-15-16(8-11)25-7-1-6-24-15/h2-5,8,10H,1,6-7,9H2,(H2,20,21,22,23). The predicted molar refractivity (Wildman–Crippen MR) is 90.4 cm³/mol. The second-order valence-corrected chi connectivity index (χ2v) is 5.82. The number of H-pyrrole nitrogens is 1. The number of nitrogens with one attached hydrogen (secondary N) is 2. The summed E-state index contributed by atoms with van der Waals surface area (Å²) in [6.45, 7) is 1.21. The normalized spacial score (nSPS) is 13.5. The number of aromatic amines is 1. The lowest BCUT2D eigenvalue weighted by atomic mass is 10.1. The molecule has 6 nitrogen and oxygen atoms in total. The van der Waals surface area contributed by atoms with Gasteiger partial charge < -0.3 is 14.8 Å². The fourth-order valence-corrected chi connectivity index (χ4v) is 2.76. The number of anilines is 1. The number of aromatic nitrogens is 2. The van der Waals surface area contributed by atoms with E-state index in [0.29, 0.717) is 41.4 Å². The molecule has 2 N–H and O–H groups in total. The fraction of sp³-hybridized carbons (Fsp3) is 0.222. The summed E-state index contributed by atoms with van der Waals surface area (Å²) >= 11 is 0. The molecule has 1 aliphatic heterocycles. The Balaban J connectivity index is 1.50. The number of hydrogen-bond acceptors (Lipinski definition) is 4. The lowest BCUT2D eigenvalue weighted by molar-refractivity contribution is -0.115. The number of rotatable bonds is 3. The second-order valence-electron chi connectivity index (χ2n) is 5.82. The quantitative estimate of drug-likeness (QED) is 0.768. The number of ether oxygens (including phenoxy) is 2. The molecular weight excluding hydrogens is 325 g/mol. The van der Waals surface area contributed by atoms with Gasteiger partial charge in [-0.15, -0.1) is 0 Å². The van der Waals surface area contributed by atoms with Crippen LogP contribution in [0.4, 0.5) is 10.2 Å². The highest BCUT2D eigenvalue weighted by Gasteiger charge is 2.14. The van der Waals surface area contributed by atoms with E-state index < -0.39 is 0 Å². The molecule has 1 amide bonds. The molecular formula is C18H16FN3O3. The zero-order valence-electron chi connectivity index (χ0n) is 13.3. The Hall–Kier alpha value is -3.09. The molecule has 2 aromatic carbocycles. The maximum atomic E-state index is 13.4. The van der Waals surface area contributed by atoms with Crippen molar-refractivity contribution in [2.24, 2.45) is 0 Å². The number of halogens is 1. The Morgan fingerprint density at radius 2 is 2.00 bits per heavy atom. The van der Waals surface area contributed by atoms with Gasteiger partial charge >= 0.3 is 0 Å². The Labute approximate surface area is 142 Å². The van der Waals surface area contributed by atoms with Crippen molar-refractivity contribution in [1.29, 1.82) is 0 Å². The Bertz CT molecular complexity index is 938. The maximum Gasteiger partial charge on any atom is 0.230 e. The summed E-state index contributed by atoms with van der Waals surface area (Å²) in [5, 5.41) is 10.0. The van der Waals surface area contributed by atoms with Gasteiger partial charge in [0.25, 0.3) is 0 Å². The van der Waals surface area contributed by atoms with Crippen LogP contribution < -0.4 is 14.8 Å². The first-order chi connectivity index (χ1) is 12.2. The van der Waals surface area contributed by atoms with Gasteiger partial charge in [-0.3, -0.25) is 9.89 Å². The van der Waals surface area contributed by atoms with Crippen molar-refractivity contribution in [3.8, 4) is 11.5 Å². The van der Waals surface area contributed by atoms with Crippen LogP contribution in [0.3, 0.4) is 0 Å². The van der Waals surface area contributed by atoms with Crippen molar-refractivity contribution in [3.63, 3.8) is 0 Å². The van der Waals surface area contributed by atoms with Crippen LogP contribution >= 0.6 is 0 Å². The highest BCUT2D eigenvalue weighted by molar-refractivity contribution is 6.00. The van der Waals surface area contributed by atoms with Gasteiger partial charge in [0.05, 0.1) is 25.2 Å². The molecule has 2 heterocycles. The summed E-state index contributed by atoms with van der Waals surface area (Å²) in [4.78, 5) is 12.3. The highest BCUT2D eigenvalue weighted by atomic mass is 19.1. The molecule has 0 aliphatic carbocycles. The lowest BCUT2D eigenvalue weighted by Crippen LogP contribution is -2.15. The van der Waals surface area contributed by atoms with E-state index in [2.05, 4.69) is 15.5 Å². The van der Waals surface area contributed by atoms with Gasteiger partial charge in [-0.1, -0.05) is 6.07 Å². The molecule has 0 saturated carbocycles. The minimum Gasteiger partial charge on any atom is -0.490 e. The van der Waals surface area contributed by atoms with Crippen molar-refractivity contribution >= 4 is 22.6 Å². The van der Waals surface area contributed by atoms with Gasteiger partial charge in [0.15, 0.2) is 17.3 Å². The largest absolute Gasteiger partial charge is 0.490 e. The molecule has 0 bridgehead atoms. The van der Waals surface area contributed by atoms with Gasteiger partial charge in [0.1, 0.15) is 5.82 Å². The summed E-state index contributed by atoms with van der Waals surface area (Å²) < 4.78 is 24.6. The molecule has 0 radical (unpaired) electrons. The summed E-state index contributed by atoms with van der Waals surface area (Å²) in [5.41, 5.74) is 1.46. The lowest BCUT2D eigenvalue weighted by Gasteiger charge is -2.09. The molecule has 0 unspecified atom stereocenters. The van der Waals surface area contributed by atoms with Crippen LogP contribution in [-0.4, -0.2) is 29.3 Å². The zero-order chi connectivity index (χ0) is 17.2. The first-order valence-corrected chi connectivity index (χ1v) is 8.01. The van der Waals surface area contributed by atoms with Crippen LogP contribution in [0.15, 0.2) is 36.4 Å². The molecule has 128 valence electrons. The summed E-state index contributed by atoms with van der Waals surface area (Å²) in [6.07, 6.45) is 0.980. The second kappa shape index (κ2) is 6.43. The molecule has 4 rings (SSSR count). The summed E-state index contributed by atoms with van der Waals surface area (Å²) in [7, 11) is 0. The number of carbonyl (C=O) groups excluding carboxylic acids is 1. The van der Waals surface area contributed by atoms with Crippen molar-refractivity contribution < 1.29 is 18.7 Å². The van der Waals surface area contributed by atoms with Crippen LogP contribution in [-0.2, 0) is 11.2 Å². The van der Waals surface area contributed by atoms with Crippen LogP contribution in [0.5, 0.6) is 11.5 Å². The van der Waals surface area contributed by atoms with E-state index in [4.69, 9.17) is 9.47 Å². The monoisotopic (exact) mass is 341 g/mol. The van der Waals surface area contributed by atoms with Crippen LogP contribution in [0, 0.1) is 5.82 Å². The zero-order valence-corrected chi connectivity index (χ0v) is 13.3. The van der Waals surface area contributed by atoms with E-state index in [-0.39, 0.29) is 18.1 Å². The SMILES string of the molecule is O=C(Cc1ccc2c(c1)OCCCO2)Nc1n[nH]c2ccc(F)cc12. The Morgan fingerprint density at radius 3 is 2.88 bits per heavy atom. The number of carbonyl (C=O) groups is 1. The first kappa shape index (κ1) is 15.4. The van der Waals surface area contributed by atoms with Crippen LogP contribution in [0.1, 0.15) is 12.0 Å². The third-order valence-corrected chi connectivity index (χ3v) is 3.96. The number of fused-ring (bicyclic) bond motifs is 2. The van der Waals surface area contributed by atoms with Crippen molar-refractivity contribution in [1.82, 2.24) is 10.2 Å². The van der Waals surface area contributed by atoms with Gasteiger partial charge in [0.2, 0.25) is 5.91 Å². The molecule has 25 heavy (non-hydrogen) atoms. The van der Waals surface area contributed by atoms with Gasteiger partial charge in [0, 0.05) is 11.8 Å². The predicted octanol–water partition coefficient (Wildman–Crippen LogP) is 3.04. The van der Waals surface area contributed by atoms with Gasteiger partial charge in [-0.05, 0) is 35.9 Å². The first-order valence-electron chi connectivity index (χ1n) is 8.01. The van der Waals surface area contributed by atoms with Crippen LogP contribution in [0.2, 0.25) is 0 Å². The number of hydrogen-bond donors (Lipinski definition) is 2.